The summed E-state index contributed by atoms with van der Waals surface area (Å²) in [7, 11) is 0. The van der Waals surface area contributed by atoms with Crippen LogP contribution in [-0.2, 0) is 19.1 Å². The predicted octanol–water partition coefficient (Wildman–Crippen LogP) is 3.59. The van der Waals surface area contributed by atoms with Crippen molar-refractivity contribution < 1.29 is 28.6 Å². The average Bonchev–Trinajstić information content (AvgIpc) is 2.71. The maximum Gasteiger partial charge on any atom is 0.347 e. The van der Waals surface area contributed by atoms with Crippen molar-refractivity contribution in [2.75, 3.05) is 11.9 Å². The lowest BCUT2D eigenvalue weighted by Crippen LogP contribution is -2.31. The third kappa shape index (κ3) is 7.29. The first-order chi connectivity index (χ1) is 13.9. The molecule has 29 heavy (non-hydrogen) atoms. The van der Waals surface area contributed by atoms with Crippen LogP contribution < -0.4 is 10.1 Å². The van der Waals surface area contributed by atoms with E-state index in [0.717, 1.165) is 0 Å². The zero-order chi connectivity index (χ0) is 21.2. The number of hydrogen-bond donors (Lipinski definition) is 1. The van der Waals surface area contributed by atoms with Crippen molar-refractivity contribution in [3.05, 3.63) is 60.2 Å². The zero-order valence-corrected chi connectivity index (χ0v) is 16.7. The highest BCUT2D eigenvalue weighted by atomic mass is 16.6. The van der Waals surface area contributed by atoms with E-state index in [1.54, 1.807) is 69.3 Å². The summed E-state index contributed by atoms with van der Waals surface area (Å²) < 4.78 is 15.7. The maximum atomic E-state index is 12.2. The molecular weight excluding hydrogens is 374 g/mol. The molecule has 7 nitrogen and oxygen atoms in total. The number of benzene rings is 2. The summed E-state index contributed by atoms with van der Waals surface area (Å²) >= 11 is 0. The number of rotatable bonds is 9. The van der Waals surface area contributed by atoms with Gasteiger partial charge in [0, 0.05) is 5.69 Å². The lowest BCUT2D eigenvalue weighted by Gasteiger charge is -2.16. The number of anilines is 1. The molecule has 0 aliphatic rings. The fourth-order valence-electron chi connectivity index (χ4n) is 2.36. The van der Waals surface area contributed by atoms with Gasteiger partial charge in [0.1, 0.15) is 5.75 Å². The van der Waals surface area contributed by atoms with E-state index in [1.165, 1.54) is 0 Å². The van der Waals surface area contributed by atoms with Gasteiger partial charge in [-0.25, -0.2) is 9.59 Å². The first-order valence-corrected chi connectivity index (χ1v) is 9.38. The molecule has 1 amide bonds. The molecule has 1 N–H and O–H groups in total. The van der Waals surface area contributed by atoms with Crippen LogP contribution in [0.3, 0.4) is 0 Å². The van der Waals surface area contributed by atoms with E-state index in [9.17, 15) is 14.4 Å². The monoisotopic (exact) mass is 399 g/mol. The summed E-state index contributed by atoms with van der Waals surface area (Å²) in [5, 5.41) is 2.60. The van der Waals surface area contributed by atoms with Gasteiger partial charge in [0.15, 0.2) is 12.7 Å². The first-order valence-electron chi connectivity index (χ1n) is 9.38. The third-order valence-corrected chi connectivity index (χ3v) is 3.75. The molecule has 0 saturated carbocycles. The van der Waals surface area contributed by atoms with Gasteiger partial charge in [0.2, 0.25) is 0 Å². The lowest BCUT2D eigenvalue weighted by atomic mass is 10.2. The maximum absolute atomic E-state index is 12.2. The number of nitrogens with one attached hydrogen (secondary N) is 1. The lowest BCUT2D eigenvalue weighted by molar-refractivity contribution is -0.154. The smallest absolute Gasteiger partial charge is 0.347 e. The van der Waals surface area contributed by atoms with Crippen molar-refractivity contribution in [2.45, 2.75) is 39.4 Å². The van der Waals surface area contributed by atoms with Crippen LogP contribution in [0.25, 0.3) is 0 Å². The van der Waals surface area contributed by atoms with Crippen molar-refractivity contribution in [1.29, 1.82) is 0 Å². The molecule has 0 radical (unpaired) electrons. The minimum absolute atomic E-state index is 0.214. The first kappa shape index (κ1) is 21.9. The molecule has 0 aliphatic heterocycles. The molecule has 0 aliphatic carbocycles. The summed E-state index contributed by atoms with van der Waals surface area (Å²) in [5.41, 5.74) is 0.853. The quantitative estimate of drug-likeness (QED) is 0.648. The topological polar surface area (TPSA) is 90.9 Å². The summed E-state index contributed by atoms with van der Waals surface area (Å²) in [4.78, 5) is 36.0. The van der Waals surface area contributed by atoms with Crippen LogP contribution in [0.5, 0.6) is 5.75 Å². The molecule has 0 bridgehead atoms. The molecular formula is C22H25NO6. The molecule has 2 rings (SSSR count). The molecule has 0 heterocycles. The minimum atomic E-state index is -0.795. The Balaban J connectivity index is 1.82. The molecule has 1 atom stereocenters. The Kier molecular flexibility index (Phi) is 8.21. The number of carbonyl (C=O) groups excluding carboxylic acids is 3. The second-order valence-electron chi connectivity index (χ2n) is 6.52. The Bertz CT molecular complexity index is 817. The van der Waals surface area contributed by atoms with Crippen LogP contribution in [0.4, 0.5) is 5.69 Å². The molecule has 0 unspecified atom stereocenters. The van der Waals surface area contributed by atoms with Gasteiger partial charge in [-0.05, 0) is 56.7 Å². The summed E-state index contributed by atoms with van der Waals surface area (Å²) in [6.07, 6.45) is -0.602. The van der Waals surface area contributed by atoms with Crippen molar-refractivity contribution in [2.24, 2.45) is 0 Å². The van der Waals surface area contributed by atoms with Crippen molar-refractivity contribution in [3.8, 4) is 5.75 Å². The van der Waals surface area contributed by atoms with Gasteiger partial charge >= 0.3 is 11.9 Å². The number of amides is 1. The molecule has 0 fully saturated rings. The Labute approximate surface area is 170 Å². The highest BCUT2D eigenvalue weighted by Gasteiger charge is 2.21. The van der Waals surface area contributed by atoms with Crippen LogP contribution in [-0.4, -0.2) is 36.7 Å². The summed E-state index contributed by atoms with van der Waals surface area (Å²) in [5.74, 6) is -0.989. The predicted molar refractivity (Wildman–Crippen MR) is 108 cm³/mol. The second-order valence-corrected chi connectivity index (χ2v) is 6.52. The van der Waals surface area contributed by atoms with Gasteiger partial charge in [0.05, 0.1) is 11.7 Å². The Morgan fingerprint density at radius 1 is 0.966 bits per heavy atom. The summed E-state index contributed by atoms with van der Waals surface area (Å²) in [6, 6.07) is 15.2. The Morgan fingerprint density at radius 2 is 1.62 bits per heavy atom. The Morgan fingerprint density at radius 3 is 2.21 bits per heavy atom. The number of para-hydroxylation sites is 1. The van der Waals surface area contributed by atoms with Crippen LogP contribution in [0.1, 0.15) is 37.6 Å². The second kappa shape index (κ2) is 10.8. The average molecular weight is 399 g/mol. The van der Waals surface area contributed by atoms with Crippen LogP contribution in [0.15, 0.2) is 54.6 Å². The van der Waals surface area contributed by atoms with Crippen LogP contribution >= 0.6 is 0 Å². The number of carbonyl (C=O) groups is 3. The van der Waals surface area contributed by atoms with Crippen LogP contribution in [0.2, 0.25) is 0 Å². The van der Waals surface area contributed by atoms with Crippen molar-refractivity contribution >= 4 is 23.5 Å². The molecule has 2 aromatic carbocycles. The van der Waals surface area contributed by atoms with Gasteiger partial charge in [-0.2, -0.15) is 0 Å². The van der Waals surface area contributed by atoms with E-state index in [1.807, 2.05) is 6.07 Å². The number of ether oxygens (including phenoxy) is 3. The standard InChI is InChI=1S/C22H25NO6/c1-4-19(29-18-8-6-5-7-9-18)22(26)27-14-20(24)23-17-12-10-16(11-13-17)21(25)28-15(2)3/h5-13,15,19H,4,14H2,1-3H3,(H,23,24)/t19-/m0/s1. The fraction of sp³-hybridized carbons (Fsp3) is 0.318. The van der Waals surface area contributed by atoms with E-state index >= 15 is 0 Å². The molecule has 2 aromatic rings. The largest absolute Gasteiger partial charge is 0.479 e. The molecule has 0 aromatic heterocycles. The molecule has 154 valence electrons. The SMILES string of the molecule is CC[C@H](Oc1ccccc1)C(=O)OCC(=O)Nc1ccc(C(=O)OC(C)C)cc1. The van der Waals surface area contributed by atoms with Gasteiger partial charge in [-0.15, -0.1) is 0 Å². The van der Waals surface area contributed by atoms with Gasteiger partial charge in [0.25, 0.3) is 5.91 Å². The zero-order valence-electron chi connectivity index (χ0n) is 16.7. The van der Waals surface area contributed by atoms with E-state index < -0.39 is 30.6 Å². The molecule has 0 saturated heterocycles. The van der Waals surface area contributed by atoms with E-state index in [0.29, 0.717) is 23.4 Å². The molecule has 0 spiro atoms. The van der Waals surface area contributed by atoms with Crippen LogP contribution in [0, 0.1) is 0 Å². The van der Waals surface area contributed by atoms with E-state index in [-0.39, 0.29) is 6.10 Å². The highest BCUT2D eigenvalue weighted by molar-refractivity contribution is 5.94. The fourth-order valence-corrected chi connectivity index (χ4v) is 2.36. The van der Waals surface area contributed by atoms with E-state index in [4.69, 9.17) is 14.2 Å². The van der Waals surface area contributed by atoms with Gasteiger partial charge < -0.3 is 19.5 Å². The van der Waals surface area contributed by atoms with E-state index in [2.05, 4.69) is 5.32 Å². The van der Waals surface area contributed by atoms with Crippen molar-refractivity contribution in [1.82, 2.24) is 0 Å². The summed E-state index contributed by atoms with van der Waals surface area (Å²) in [6.45, 7) is 4.88. The number of hydrogen-bond acceptors (Lipinski definition) is 6. The van der Waals surface area contributed by atoms with Gasteiger partial charge in [-0.3, -0.25) is 4.79 Å². The highest BCUT2D eigenvalue weighted by Crippen LogP contribution is 2.14. The van der Waals surface area contributed by atoms with Gasteiger partial charge in [-0.1, -0.05) is 25.1 Å². The Hall–Kier alpha value is -3.35. The number of esters is 2. The minimum Gasteiger partial charge on any atom is -0.479 e. The van der Waals surface area contributed by atoms with Crippen molar-refractivity contribution in [3.63, 3.8) is 0 Å². The molecule has 7 heteroatoms. The third-order valence-electron chi connectivity index (χ3n) is 3.75. The normalized spacial score (nSPS) is 11.4.